The summed E-state index contributed by atoms with van der Waals surface area (Å²) in [6, 6.07) is 0.227. The maximum absolute atomic E-state index is 11.9. The molecule has 1 amide bonds. The lowest BCUT2D eigenvalue weighted by atomic mass is 10.1. The molecule has 0 aliphatic carbocycles. The van der Waals surface area contributed by atoms with Gasteiger partial charge in [-0.2, -0.15) is 0 Å². The van der Waals surface area contributed by atoms with Crippen LogP contribution in [-0.4, -0.2) is 26.5 Å². The molecule has 0 bridgehead atoms. The Kier molecular flexibility index (Phi) is 3.59. The molecule has 0 aromatic carbocycles. The van der Waals surface area contributed by atoms with Crippen LogP contribution in [0, 0.1) is 0 Å². The van der Waals surface area contributed by atoms with E-state index < -0.39 is 0 Å². The zero-order chi connectivity index (χ0) is 13.1. The molecule has 0 saturated heterocycles. The third-order valence-corrected chi connectivity index (χ3v) is 4.03. The van der Waals surface area contributed by atoms with E-state index in [-0.39, 0.29) is 11.9 Å². The Hall–Kier alpha value is -1.69. The van der Waals surface area contributed by atoms with Crippen molar-refractivity contribution in [3.63, 3.8) is 0 Å². The maximum Gasteiger partial charge on any atom is 0.220 e. The van der Waals surface area contributed by atoms with Crippen LogP contribution in [0.25, 0.3) is 0 Å². The van der Waals surface area contributed by atoms with Crippen molar-refractivity contribution in [3.8, 4) is 0 Å². The molecule has 1 unspecified atom stereocenters. The molecule has 0 saturated carbocycles. The molecule has 1 aliphatic rings. The van der Waals surface area contributed by atoms with Crippen LogP contribution in [0.4, 0.5) is 0 Å². The minimum atomic E-state index is 0.113. The second-order valence-corrected chi connectivity index (χ2v) is 5.50. The highest BCUT2D eigenvalue weighted by Gasteiger charge is 2.20. The number of carbonyl (C=O) groups is 1. The van der Waals surface area contributed by atoms with Gasteiger partial charge in [0.1, 0.15) is 5.82 Å². The molecule has 2 aromatic heterocycles. The Morgan fingerprint density at radius 3 is 3.32 bits per heavy atom. The van der Waals surface area contributed by atoms with E-state index in [0.717, 1.165) is 37.3 Å². The molecule has 19 heavy (non-hydrogen) atoms. The largest absolute Gasteiger partial charge is 0.352 e. The Bertz CT molecular complexity index is 549. The molecule has 2 aromatic rings. The Balaban J connectivity index is 1.48. The van der Waals surface area contributed by atoms with Crippen molar-refractivity contribution >= 4 is 17.2 Å². The Morgan fingerprint density at radius 1 is 1.53 bits per heavy atom. The van der Waals surface area contributed by atoms with Crippen LogP contribution in [-0.2, 0) is 24.2 Å². The topological polar surface area (TPSA) is 59.8 Å². The number of fused-ring (bicyclic) bond motifs is 1. The molecule has 6 heteroatoms. The zero-order valence-electron chi connectivity index (χ0n) is 10.6. The zero-order valence-corrected chi connectivity index (χ0v) is 11.4. The average Bonchev–Trinajstić information content (AvgIpc) is 3.07. The Morgan fingerprint density at radius 2 is 2.47 bits per heavy atom. The van der Waals surface area contributed by atoms with Gasteiger partial charge in [-0.3, -0.25) is 4.79 Å². The first kappa shape index (κ1) is 12.3. The van der Waals surface area contributed by atoms with Gasteiger partial charge in [-0.25, -0.2) is 9.97 Å². The molecular weight excluding hydrogens is 260 g/mol. The number of nitrogens with zero attached hydrogens (tertiary/aromatic N) is 3. The fraction of sp³-hybridized carbons (Fsp3) is 0.462. The molecule has 0 spiro atoms. The summed E-state index contributed by atoms with van der Waals surface area (Å²) in [5.41, 5.74) is 2.80. The van der Waals surface area contributed by atoms with Crippen LogP contribution in [0.5, 0.6) is 0 Å². The first-order chi connectivity index (χ1) is 9.31. The second-order valence-electron chi connectivity index (χ2n) is 4.78. The minimum Gasteiger partial charge on any atom is -0.352 e. The van der Waals surface area contributed by atoms with Crippen molar-refractivity contribution < 1.29 is 4.79 Å². The predicted octanol–water partition coefficient (Wildman–Crippen LogP) is 1.40. The van der Waals surface area contributed by atoms with Gasteiger partial charge in [-0.1, -0.05) is 0 Å². The van der Waals surface area contributed by atoms with E-state index in [1.165, 1.54) is 0 Å². The fourth-order valence-electron chi connectivity index (χ4n) is 2.39. The normalized spacial score (nSPS) is 18.0. The van der Waals surface area contributed by atoms with E-state index in [1.807, 2.05) is 17.8 Å². The van der Waals surface area contributed by atoms with Crippen LogP contribution in [0.1, 0.15) is 24.4 Å². The van der Waals surface area contributed by atoms with Gasteiger partial charge >= 0.3 is 0 Å². The van der Waals surface area contributed by atoms with E-state index in [0.29, 0.717) is 6.42 Å². The predicted molar refractivity (Wildman–Crippen MR) is 72.9 cm³/mol. The van der Waals surface area contributed by atoms with Crippen molar-refractivity contribution in [3.05, 3.63) is 34.8 Å². The first-order valence-corrected chi connectivity index (χ1v) is 7.42. The summed E-state index contributed by atoms with van der Waals surface area (Å²) in [5.74, 6) is 1.23. The lowest BCUT2D eigenvalue weighted by Gasteiger charge is -2.24. The van der Waals surface area contributed by atoms with Crippen LogP contribution in [0.2, 0.25) is 0 Å². The van der Waals surface area contributed by atoms with E-state index in [1.54, 1.807) is 16.8 Å². The van der Waals surface area contributed by atoms with Crippen molar-refractivity contribution in [1.29, 1.82) is 0 Å². The van der Waals surface area contributed by atoms with E-state index in [9.17, 15) is 4.79 Å². The van der Waals surface area contributed by atoms with Crippen molar-refractivity contribution in [1.82, 2.24) is 19.9 Å². The monoisotopic (exact) mass is 276 g/mol. The number of nitrogens with one attached hydrogen (secondary N) is 1. The lowest BCUT2D eigenvalue weighted by molar-refractivity contribution is -0.122. The van der Waals surface area contributed by atoms with E-state index >= 15 is 0 Å². The molecule has 1 atom stereocenters. The molecule has 0 fully saturated rings. The van der Waals surface area contributed by atoms with Crippen molar-refractivity contribution in [2.45, 2.75) is 38.3 Å². The third-order valence-electron chi connectivity index (χ3n) is 3.39. The van der Waals surface area contributed by atoms with Gasteiger partial charge in [-0.05, 0) is 12.8 Å². The highest BCUT2D eigenvalue weighted by Crippen LogP contribution is 2.13. The molecule has 3 rings (SSSR count). The van der Waals surface area contributed by atoms with Crippen molar-refractivity contribution in [2.75, 3.05) is 0 Å². The lowest BCUT2D eigenvalue weighted by Crippen LogP contribution is -2.40. The molecule has 0 radical (unpaired) electrons. The summed E-state index contributed by atoms with van der Waals surface area (Å²) < 4.78 is 2.12. The summed E-state index contributed by atoms with van der Waals surface area (Å²) in [5, 5.41) is 5.09. The summed E-state index contributed by atoms with van der Waals surface area (Å²) >= 11 is 1.57. The average molecular weight is 276 g/mol. The SMILES string of the molecule is O=C(CCc1cscn1)NC1CCc2nccn2C1. The molecule has 1 N–H and O–H groups in total. The van der Waals surface area contributed by atoms with Gasteiger partial charge in [-0.15, -0.1) is 11.3 Å². The number of hydrogen-bond donors (Lipinski definition) is 1. The van der Waals surface area contributed by atoms with Gasteiger partial charge in [0.15, 0.2) is 0 Å². The third kappa shape index (κ3) is 3.01. The van der Waals surface area contributed by atoms with Crippen LogP contribution >= 0.6 is 11.3 Å². The maximum atomic E-state index is 11.9. The fourth-order valence-corrected chi connectivity index (χ4v) is 2.98. The molecule has 100 valence electrons. The number of aromatic nitrogens is 3. The molecule has 3 heterocycles. The summed E-state index contributed by atoms with van der Waals surface area (Å²) in [4.78, 5) is 20.4. The van der Waals surface area contributed by atoms with Gasteiger partial charge in [0.25, 0.3) is 0 Å². The highest BCUT2D eigenvalue weighted by molar-refractivity contribution is 7.07. The summed E-state index contributed by atoms with van der Waals surface area (Å²) in [6.07, 6.45) is 6.93. The number of carbonyl (C=O) groups excluding carboxylic acids is 1. The number of imidazole rings is 1. The number of aryl methyl sites for hydroxylation is 2. The highest BCUT2D eigenvalue weighted by atomic mass is 32.1. The van der Waals surface area contributed by atoms with Gasteiger partial charge in [0.2, 0.25) is 5.91 Å². The standard InChI is InChI=1S/C13H16N4OS/c18-13(4-2-11-8-19-9-15-11)16-10-1-3-12-14-5-6-17(12)7-10/h5-6,8-10H,1-4,7H2,(H,16,18). The second kappa shape index (κ2) is 5.52. The van der Waals surface area contributed by atoms with Gasteiger partial charge < -0.3 is 9.88 Å². The van der Waals surface area contributed by atoms with E-state index in [4.69, 9.17) is 0 Å². The summed E-state index contributed by atoms with van der Waals surface area (Å²) in [7, 11) is 0. The van der Waals surface area contributed by atoms with Gasteiger partial charge in [0, 0.05) is 43.2 Å². The molecular formula is C13H16N4OS. The van der Waals surface area contributed by atoms with Crippen LogP contribution in [0.3, 0.4) is 0 Å². The number of hydrogen-bond acceptors (Lipinski definition) is 4. The first-order valence-electron chi connectivity index (χ1n) is 6.48. The smallest absolute Gasteiger partial charge is 0.220 e. The Labute approximate surface area is 115 Å². The van der Waals surface area contributed by atoms with Crippen LogP contribution < -0.4 is 5.32 Å². The summed E-state index contributed by atoms with van der Waals surface area (Å²) in [6.45, 7) is 0.831. The molecule has 1 aliphatic heterocycles. The number of rotatable bonds is 4. The number of amides is 1. The number of thiazole rings is 1. The van der Waals surface area contributed by atoms with Crippen molar-refractivity contribution in [2.24, 2.45) is 0 Å². The van der Waals surface area contributed by atoms with Gasteiger partial charge in [0.05, 0.1) is 11.2 Å². The quantitative estimate of drug-likeness (QED) is 0.918. The van der Waals surface area contributed by atoms with Crippen LogP contribution in [0.15, 0.2) is 23.3 Å². The van der Waals surface area contributed by atoms with E-state index in [2.05, 4.69) is 19.9 Å². The molecule has 5 nitrogen and oxygen atoms in total. The minimum absolute atomic E-state index is 0.113.